The van der Waals surface area contributed by atoms with Crippen LogP contribution < -0.4 is 0 Å². The van der Waals surface area contributed by atoms with Crippen LogP contribution in [0.4, 0.5) is 8.78 Å². The Morgan fingerprint density at radius 1 is 1.04 bits per heavy atom. The molecule has 1 atom stereocenters. The largest absolute Gasteiger partial charge is 0.207 e. The van der Waals surface area contributed by atoms with E-state index < -0.39 is 5.82 Å². The second-order valence-corrected chi connectivity index (χ2v) is 8.09. The summed E-state index contributed by atoms with van der Waals surface area (Å²) < 4.78 is 27.9. The van der Waals surface area contributed by atoms with Crippen molar-refractivity contribution in [1.82, 2.24) is 0 Å². The smallest absolute Gasteiger partial charge is 0.127 e. The van der Waals surface area contributed by atoms with Crippen LogP contribution in [0.2, 0.25) is 5.02 Å². The van der Waals surface area contributed by atoms with Crippen molar-refractivity contribution in [1.29, 1.82) is 0 Å². The Morgan fingerprint density at radius 3 is 2.54 bits per heavy atom. The number of rotatable bonds is 6. The maximum atomic E-state index is 14.3. The Morgan fingerprint density at radius 2 is 1.83 bits per heavy atom. The molecule has 0 fully saturated rings. The van der Waals surface area contributed by atoms with Crippen molar-refractivity contribution < 1.29 is 8.78 Å². The van der Waals surface area contributed by atoms with Crippen LogP contribution in [-0.2, 0) is 6.42 Å². The molecule has 0 nitrogen and oxygen atoms in total. The molecule has 0 saturated heterocycles. The minimum absolute atomic E-state index is 0.163. The van der Waals surface area contributed by atoms with Gasteiger partial charge in [0.2, 0.25) is 0 Å². The standard InChI is InChI=1S/C19H15ClF2S2/c20-13-3-6-16(7-4-13)24-19(10-8-15-2-1-11-23-15)17-12-14(21)5-9-18(17)22/h1-7,9,11-12,19H,8,10H2. The Bertz CT molecular complexity index is 786. The summed E-state index contributed by atoms with van der Waals surface area (Å²) in [5.41, 5.74) is 0.409. The average Bonchev–Trinajstić information content (AvgIpc) is 3.09. The lowest BCUT2D eigenvalue weighted by Gasteiger charge is -2.18. The number of thioether (sulfide) groups is 1. The lowest BCUT2D eigenvalue weighted by Crippen LogP contribution is -2.01. The molecule has 3 aromatic rings. The number of benzene rings is 2. The number of aryl methyl sites for hydroxylation is 1. The van der Waals surface area contributed by atoms with Gasteiger partial charge < -0.3 is 0 Å². The number of halogens is 3. The van der Waals surface area contributed by atoms with Crippen LogP contribution in [0.25, 0.3) is 0 Å². The molecule has 2 aromatic carbocycles. The van der Waals surface area contributed by atoms with Crippen LogP contribution in [0.5, 0.6) is 0 Å². The molecule has 24 heavy (non-hydrogen) atoms. The van der Waals surface area contributed by atoms with Gasteiger partial charge in [0.15, 0.2) is 0 Å². The summed E-state index contributed by atoms with van der Waals surface area (Å²) >= 11 is 9.14. The molecule has 0 aliphatic heterocycles. The molecule has 1 aromatic heterocycles. The van der Waals surface area contributed by atoms with Gasteiger partial charge in [0, 0.05) is 25.6 Å². The molecular formula is C19H15ClF2S2. The Labute approximate surface area is 153 Å². The maximum Gasteiger partial charge on any atom is 0.127 e. The van der Waals surface area contributed by atoms with E-state index >= 15 is 0 Å². The molecule has 0 saturated carbocycles. The van der Waals surface area contributed by atoms with Crippen LogP contribution >= 0.6 is 34.7 Å². The highest BCUT2D eigenvalue weighted by atomic mass is 35.5. The fourth-order valence-corrected chi connectivity index (χ4v) is 4.46. The molecule has 0 radical (unpaired) electrons. The van der Waals surface area contributed by atoms with Gasteiger partial charge in [0.05, 0.1) is 0 Å². The average molecular weight is 381 g/mol. The second-order valence-electron chi connectivity index (χ2n) is 5.34. The Hall–Kier alpha value is -1.36. The van der Waals surface area contributed by atoms with Crippen LogP contribution in [0.15, 0.2) is 64.9 Å². The van der Waals surface area contributed by atoms with Crippen molar-refractivity contribution >= 4 is 34.7 Å². The summed E-state index contributed by atoms with van der Waals surface area (Å²) in [6, 6.07) is 15.2. The Kier molecular flexibility index (Phi) is 5.93. The molecule has 0 bridgehead atoms. The zero-order valence-corrected chi connectivity index (χ0v) is 15.1. The SMILES string of the molecule is Fc1ccc(F)c(C(CCc2cccs2)Sc2ccc(Cl)cc2)c1. The van der Waals surface area contributed by atoms with E-state index in [-0.39, 0.29) is 11.1 Å². The summed E-state index contributed by atoms with van der Waals surface area (Å²) in [5.74, 6) is -0.779. The van der Waals surface area contributed by atoms with Gasteiger partial charge in [0.25, 0.3) is 0 Å². The summed E-state index contributed by atoms with van der Waals surface area (Å²) in [6.45, 7) is 0. The van der Waals surface area contributed by atoms with E-state index in [1.165, 1.54) is 28.8 Å². The molecule has 1 heterocycles. The van der Waals surface area contributed by atoms with Gasteiger partial charge in [-0.2, -0.15) is 0 Å². The van der Waals surface area contributed by atoms with Gasteiger partial charge in [-0.1, -0.05) is 17.7 Å². The van der Waals surface area contributed by atoms with E-state index in [0.29, 0.717) is 10.6 Å². The van der Waals surface area contributed by atoms with E-state index in [1.807, 2.05) is 35.7 Å². The van der Waals surface area contributed by atoms with Crippen molar-refractivity contribution in [3.05, 3.63) is 87.1 Å². The van der Waals surface area contributed by atoms with Crippen molar-refractivity contribution in [2.24, 2.45) is 0 Å². The quantitative estimate of drug-likeness (QED) is 0.409. The molecule has 0 amide bonds. The predicted molar refractivity (Wildman–Crippen MR) is 99.0 cm³/mol. The normalized spacial score (nSPS) is 12.3. The lowest BCUT2D eigenvalue weighted by molar-refractivity contribution is 0.579. The molecule has 0 aliphatic rings. The fraction of sp³-hybridized carbons (Fsp3) is 0.158. The summed E-state index contributed by atoms with van der Waals surface area (Å²) in [5, 5.41) is 2.52. The number of hydrogen-bond acceptors (Lipinski definition) is 2. The summed E-state index contributed by atoms with van der Waals surface area (Å²) in [4.78, 5) is 2.23. The lowest BCUT2D eigenvalue weighted by atomic mass is 10.1. The summed E-state index contributed by atoms with van der Waals surface area (Å²) in [6.07, 6.45) is 1.56. The van der Waals surface area contributed by atoms with Gasteiger partial charge in [-0.25, -0.2) is 8.78 Å². The van der Waals surface area contributed by atoms with E-state index in [1.54, 1.807) is 11.3 Å². The maximum absolute atomic E-state index is 14.3. The first-order chi connectivity index (χ1) is 11.6. The van der Waals surface area contributed by atoms with E-state index in [2.05, 4.69) is 6.07 Å². The van der Waals surface area contributed by atoms with Crippen LogP contribution in [0.3, 0.4) is 0 Å². The Balaban J connectivity index is 1.84. The van der Waals surface area contributed by atoms with E-state index in [4.69, 9.17) is 11.6 Å². The third-order valence-electron chi connectivity index (χ3n) is 3.63. The number of hydrogen-bond donors (Lipinski definition) is 0. The summed E-state index contributed by atoms with van der Waals surface area (Å²) in [7, 11) is 0. The van der Waals surface area contributed by atoms with Crippen molar-refractivity contribution in [3.8, 4) is 0 Å². The minimum Gasteiger partial charge on any atom is -0.207 e. The van der Waals surface area contributed by atoms with Gasteiger partial charge in [-0.15, -0.1) is 23.1 Å². The predicted octanol–water partition coefficient (Wildman–Crippen LogP) is 7.15. The zero-order chi connectivity index (χ0) is 16.9. The van der Waals surface area contributed by atoms with Gasteiger partial charge >= 0.3 is 0 Å². The van der Waals surface area contributed by atoms with E-state index in [0.717, 1.165) is 23.8 Å². The molecule has 0 aliphatic carbocycles. The second kappa shape index (κ2) is 8.15. The molecule has 0 spiro atoms. The first-order valence-electron chi connectivity index (χ1n) is 7.51. The highest BCUT2D eigenvalue weighted by Crippen LogP contribution is 2.40. The van der Waals surface area contributed by atoms with Crippen molar-refractivity contribution in [2.75, 3.05) is 0 Å². The van der Waals surface area contributed by atoms with Gasteiger partial charge in [-0.3, -0.25) is 0 Å². The van der Waals surface area contributed by atoms with Crippen LogP contribution in [0, 0.1) is 11.6 Å². The first kappa shape index (κ1) is 17.5. The molecule has 124 valence electrons. The molecule has 3 rings (SSSR count). The van der Waals surface area contributed by atoms with Gasteiger partial charge in [0.1, 0.15) is 11.6 Å². The van der Waals surface area contributed by atoms with Crippen molar-refractivity contribution in [2.45, 2.75) is 23.0 Å². The molecule has 0 N–H and O–H groups in total. The van der Waals surface area contributed by atoms with Gasteiger partial charge in [-0.05, 0) is 66.8 Å². The van der Waals surface area contributed by atoms with Crippen LogP contribution in [0.1, 0.15) is 22.1 Å². The number of thiophene rings is 1. The van der Waals surface area contributed by atoms with E-state index in [9.17, 15) is 8.78 Å². The zero-order valence-electron chi connectivity index (χ0n) is 12.7. The highest BCUT2D eigenvalue weighted by molar-refractivity contribution is 7.99. The van der Waals surface area contributed by atoms with Crippen LogP contribution in [-0.4, -0.2) is 0 Å². The fourth-order valence-electron chi connectivity index (χ4n) is 2.44. The third-order valence-corrected chi connectivity index (χ3v) is 6.14. The topological polar surface area (TPSA) is 0 Å². The highest BCUT2D eigenvalue weighted by Gasteiger charge is 2.18. The molecular weight excluding hydrogens is 366 g/mol. The minimum atomic E-state index is -0.413. The first-order valence-corrected chi connectivity index (χ1v) is 9.65. The molecule has 1 unspecified atom stereocenters. The molecule has 5 heteroatoms. The third kappa shape index (κ3) is 4.59. The van der Waals surface area contributed by atoms with Crippen molar-refractivity contribution in [3.63, 3.8) is 0 Å². The monoisotopic (exact) mass is 380 g/mol.